The van der Waals surface area contributed by atoms with Crippen LogP contribution in [0.25, 0.3) is 0 Å². The lowest BCUT2D eigenvalue weighted by atomic mass is 10.2. The number of carbonyl (C=O) groups excluding carboxylic acids is 1. The number of hydrogen-bond donors (Lipinski definition) is 2. The van der Waals surface area contributed by atoms with Gasteiger partial charge < -0.3 is 10.4 Å². The van der Waals surface area contributed by atoms with Gasteiger partial charge in [0.1, 0.15) is 0 Å². The van der Waals surface area contributed by atoms with Crippen LogP contribution in [0.1, 0.15) is 5.56 Å². The Hall–Kier alpha value is -0.880. The molecule has 0 radical (unpaired) electrons. The van der Waals surface area contributed by atoms with Crippen molar-refractivity contribution in [2.75, 3.05) is 0 Å². The molecule has 0 aromatic heterocycles. The maximum Gasteiger partial charge on any atom is 0.394 e. The van der Waals surface area contributed by atoms with E-state index in [1.165, 1.54) is 0 Å². The van der Waals surface area contributed by atoms with Crippen LogP contribution in [0.3, 0.4) is 0 Å². The molecule has 80 valence electrons. The first-order valence-electron chi connectivity index (χ1n) is 3.96. The Kier molecular flexibility index (Phi) is 4.28. The topological polar surface area (TPSA) is 66.4 Å². The molecule has 0 saturated carbocycles. The molecule has 0 aliphatic rings. The van der Waals surface area contributed by atoms with E-state index in [0.717, 1.165) is 14.5 Å². The summed E-state index contributed by atoms with van der Waals surface area (Å²) in [6.45, 7) is 0.160. The van der Waals surface area contributed by atoms with Gasteiger partial charge in [0.05, 0.1) is 0 Å². The monoisotopic (exact) mass is 335 g/mol. The average molecular weight is 337 g/mol. The molecule has 0 saturated heterocycles. The number of carboxylic acids is 1. The summed E-state index contributed by atoms with van der Waals surface area (Å²) in [7, 11) is 0. The van der Waals surface area contributed by atoms with Crippen molar-refractivity contribution in [3.05, 3.63) is 32.7 Å². The van der Waals surface area contributed by atoms with Crippen LogP contribution in [0.2, 0.25) is 0 Å². The molecule has 0 heterocycles. The van der Waals surface area contributed by atoms with E-state index in [4.69, 9.17) is 5.11 Å². The van der Waals surface area contributed by atoms with Crippen molar-refractivity contribution in [2.24, 2.45) is 0 Å². The van der Waals surface area contributed by atoms with Crippen molar-refractivity contribution in [2.45, 2.75) is 6.54 Å². The minimum absolute atomic E-state index is 0.160. The third-order valence-electron chi connectivity index (χ3n) is 1.68. The van der Waals surface area contributed by atoms with Gasteiger partial charge in [0, 0.05) is 15.5 Å². The van der Waals surface area contributed by atoms with Crippen LogP contribution in [0.15, 0.2) is 27.1 Å². The zero-order valence-electron chi connectivity index (χ0n) is 7.46. The van der Waals surface area contributed by atoms with E-state index in [9.17, 15) is 9.59 Å². The van der Waals surface area contributed by atoms with Gasteiger partial charge in [-0.1, -0.05) is 37.9 Å². The molecule has 1 aromatic carbocycles. The molecule has 0 fully saturated rings. The third-order valence-corrected chi connectivity index (χ3v) is 3.17. The van der Waals surface area contributed by atoms with E-state index in [0.29, 0.717) is 0 Å². The SMILES string of the molecule is O=C(O)C(=O)NCc1c(Br)cccc1Br. The smallest absolute Gasteiger partial charge is 0.394 e. The quantitative estimate of drug-likeness (QED) is 0.811. The van der Waals surface area contributed by atoms with E-state index < -0.39 is 11.9 Å². The number of benzene rings is 1. The fraction of sp³-hybridized carbons (Fsp3) is 0.111. The van der Waals surface area contributed by atoms with Crippen molar-refractivity contribution < 1.29 is 14.7 Å². The van der Waals surface area contributed by atoms with E-state index in [1.54, 1.807) is 0 Å². The van der Waals surface area contributed by atoms with Gasteiger partial charge >= 0.3 is 11.9 Å². The standard InChI is InChI=1S/C9H7Br2NO3/c10-6-2-1-3-7(11)5(6)4-12-8(13)9(14)15/h1-3H,4H2,(H,12,13)(H,14,15). The molecule has 15 heavy (non-hydrogen) atoms. The molecule has 0 aliphatic carbocycles. The first kappa shape index (κ1) is 12.2. The number of halogens is 2. The van der Waals surface area contributed by atoms with E-state index in [2.05, 4.69) is 37.2 Å². The third kappa shape index (κ3) is 3.32. The molecule has 0 spiro atoms. The lowest BCUT2D eigenvalue weighted by Crippen LogP contribution is -2.30. The van der Waals surface area contributed by atoms with Crippen molar-refractivity contribution in [3.63, 3.8) is 0 Å². The Morgan fingerprint density at radius 2 is 1.80 bits per heavy atom. The van der Waals surface area contributed by atoms with Crippen molar-refractivity contribution in [1.29, 1.82) is 0 Å². The molecule has 1 amide bonds. The Morgan fingerprint density at radius 3 is 2.27 bits per heavy atom. The van der Waals surface area contributed by atoms with Crippen LogP contribution in [0, 0.1) is 0 Å². The van der Waals surface area contributed by atoms with Crippen LogP contribution in [0.4, 0.5) is 0 Å². The molecule has 0 atom stereocenters. The van der Waals surface area contributed by atoms with Crippen LogP contribution >= 0.6 is 31.9 Å². The highest BCUT2D eigenvalue weighted by atomic mass is 79.9. The van der Waals surface area contributed by atoms with Gasteiger partial charge in [-0.05, 0) is 17.7 Å². The molecule has 0 aliphatic heterocycles. The Bertz CT molecular complexity index is 386. The predicted octanol–water partition coefficient (Wildman–Crippen LogP) is 1.91. The minimum Gasteiger partial charge on any atom is -0.474 e. The first-order chi connectivity index (χ1) is 7.02. The molecular formula is C9H7Br2NO3. The lowest BCUT2D eigenvalue weighted by molar-refractivity contribution is -0.150. The number of nitrogens with one attached hydrogen (secondary N) is 1. The summed E-state index contributed by atoms with van der Waals surface area (Å²) >= 11 is 6.61. The highest BCUT2D eigenvalue weighted by molar-refractivity contribution is 9.11. The van der Waals surface area contributed by atoms with Crippen LogP contribution in [0.5, 0.6) is 0 Å². The van der Waals surface area contributed by atoms with Crippen LogP contribution < -0.4 is 5.32 Å². The number of hydrogen-bond acceptors (Lipinski definition) is 2. The Labute approximate surface area is 103 Å². The number of rotatable bonds is 2. The zero-order chi connectivity index (χ0) is 11.4. The molecule has 1 rings (SSSR count). The van der Waals surface area contributed by atoms with Crippen molar-refractivity contribution in [3.8, 4) is 0 Å². The van der Waals surface area contributed by atoms with Gasteiger partial charge in [-0.2, -0.15) is 0 Å². The number of carboxylic acid groups (broad SMARTS) is 1. The number of amides is 1. The zero-order valence-corrected chi connectivity index (χ0v) is 10.6. The largest absolute Gasteiger partial charge is 0.474 e. The summed E-state index contributed by atoms with van der Waals surface area (Å²) in [6, 6.07) is 5.46. The Morgan fingerprint density at radius 1 is 1.27 bits per heavy atom. The summed E-state index contributed by atoms with van der Waals surface area (Å²) in [5, 5.41) is 10.6. The average Bonchev–Trinajstić information content (AvgIpc) is 2.16. The number of carbonyl (C=O) groups is 2. The summed E-state index contributed by atoms with van der Waals surface area (Å²) in [5.74, 6) is -2.50. The second-order valence-corrected chi connectivity index (χ2v) is 4.40. The molecule has 0 unspecified atom stereocenters. The van der Waals surface area contributed by atoms with Gasteiger partial charge in [-0.15, -0.1) is 0 Å². The maximum absolute atomic E-state index is 10.8. The van der Waals surface area contributed by atoms with E-state index in [1.807, 2.05) is 18.2 Å². The molecule has 1 aromatic rings. The Balaban J connectivity index is 2.73. The fourth-order valence-electron chi connectivity index (χ4n) is 0.945. The highest BCUT2D eigenvalue weighted by Gasteiger charge is 2.12. The highest BCUT2D eigenvalue weighted by Crippen LogP contribution is 2.24. The van der Waals surface area contributed by atoms with Crippen molar-refractivity contribution >= 4 is 43.7 Å². The molecular weight excluding hydrogens is 330 g/mol. The van der Waals surface area contributed by atoms with Gasteiger partial charge in [-0.25, -0.2) is 4.79 Å². The summed E-state index contributed by atoms with van der Waals surface area (Å²) in [4.78, 5) is 21.1. The summed E-state index contributed by atoms with van der Waals surface area (Å²) in [5.41, 5.74) is 0.798. The fourth-order valence-corrected chi connectivity index (χ4v) is 2.22. The number of aliphatic carboxylic acids is 1. The first-order valence-corrected chi connectivity index (χ1v) is 5.55. The summed E-state index contributed by atoms with van der Waals surface area (Å²) < 4.78 is 1.62. The minimum atomic E-state index is -1.49. The van der Waals surface area contributed by atoms with Gasteiger partial charge in [0.15, 0.2) is 0 Å². The maximum atomic E-state index is 10.8. The van der Waals surface area contributed by atoms with E-state index in [-0.39, 0.29) is 6.54 Å². The normalized spacial score (nSPS) is 9.73. The molecule has 0 bridgehead atoms. The molecule has 4 nitrogen and oxygen atoms in total. The van der Waals surface area contributed by atoms with E-state index >= 15 is 0 Å². The van der Waals surface area contributed by atoms with Crippen LogP contribution in [-0.4, -0.2) is 17.0 Å². The predicted molar refractivity (Wildman–Crippen MR) is 61.3 cm³/mol. The van der Waals surface area contributed by atoms with Gasteiger partial charge in [0.2, 0.25) is 0 Å². The van der Waals surface area contributed by atoms with Crippen molar-refractivity contribution in [1.82, 2.24) is 5.32 Å². The second kappa shape index (κ2) is 5.27. The molecule has 6 heteroatoms. The molecule has 2 N–H and O–H groups in total. The van der Waals surface area contributed by atoms with Crippen LogP contribution in [-0.2, 0) is 16.1 Å². The van der Waals surface area contributed by atoms with Gasteiger partial charge in [0.25, 0.3) is 0 Å². The summed E-state index contributed by atoms with van der Waals surface area (Å²) in [6.07, 6.45) is 0. The second-order valence-electron chi connectivity index (χ2n) is 2.69. The van der Waals surface area contributed by atoms with Gasteiger partial charge in [-0.3, -0.25) is 4.79 Å². The lowest BCUT2D eigenvalue weighted by Gasteiger charge is -2.07.